The smallest absolute Gasteiger partial charge is 0.191 e. The van der Waals surface area contributed by atoms with E-state index in [4.69, 9.17) is 4.52 Å². The van der Waals surface area contributed by atoms with Crippen LogP contribution in [0.15, 0.2) is 38.3 Å². The number of aromatic nitrogens is 1. The number of aryl methyl sites for hydroxylation is 2. The van der Waals surface area contributed by atoms with Crippen molar-refractivity contribution in [3.63, 3.8) is 0 Å². The average Bonchev–Trinajstić information content (AvgIpc) is 2.90. The fraction of sp³-hybridized carbons (Fsp3) is 0.444. The van der Waals surface area contributed by atoms with Gasteiger partial charge in [-0.2, -0.15) is 0 Å². The summed E-state index contributed by atoms with van der Waals surface area (Å²) in [5.74, 6) is 1.94. The first-order chi connectivity index (χ1) is 11.4. The second-order valence-corrected chi connectivity index (χ2v) is 6.83. The minimum atomic E-state index is 0. The molecule has 2 N–H and O–H groups in total. The van der Waals surface area contributed by atoms with Crippen molar-refractivity contribution >= 4 is 45.9 Å². The maximum absolute atomic E-state index is 5.26. The molecule has 0 amide bonds. The number of hydrogen-bond donors (Lipinski definition) is 2. The van der Waals surface area contributed by atoms with Crippen molar-refractivity contribution < 1.29 is 4.52 Å². The van der Waals surface area contributed by atoms with Gasteiger partial charge in [-0.05, 0) is 32.4 Å². The van der Waals surface area contributed by atoms with Crippen LogP contribution in [0.3, 0.4) is 0 Å². The van der Waals surface area contributed by atoms with Crippen molar-refractivity contribution in [1.29, 1.82) is 0 Å². The van der Waals surface area contributed by atoms with Crippen molar-refractivity contribution in [2.24, 2.45) is 4.99 Å². The highest BCUT2D eigenvalue weighted by atomic mass is 127. The Kier molecular flexibility index (Phi) is 8.92. The van der Waals surface area contributed by atoms with E-state index in [0.717, 1.165) is 34.0 Å². The molecule has 0 saturated heterocycles. The average molecular weight is 521 g/mol. The Balaban J connectivity index is 0.00000312. The molecule has 0 radical (unpaired) electrons. The van der Waals surface area contributed by atoms with E-state index in [2.05, 4.69) is 56.6 Å². The van der Waals surface area contributed by atoms with E-state index >= 15 is 0 Å². The molecule has 0 fully saturated rings. The molecule has 2 unspecified atom stereocenters. The van der Waals surface area contributed by atoms with Crippen LogP contribution < -0.4 is 10.6 Å². The highest BCUT2D eigenvalue weighted by Gasteiger charge is 2.17. The van der Waals surface area contributed by atoms with Gasteiger partial charge < -0.3 is 15.2 Å². The van der Waals surface area contributed by atoms with Crippen LogP contribution in [0.25, 0.3) is 0 Å². The largest absolute Gasteiger partial charge is 0.361 e. The summed E-state index contributed by atoms with van der Waals surface area (Å²) < 4.78 is 6.34. The Morgan fingerprint density at radius 1 is 1.28 bits per heavy atom. The second-order valence-electron chi connectivity index (χ2n) is 5.98. The van der Waals surface area contributed by atoms with E-state index in [9.17, 15) is 0 Å². The summed E-state index contributed by atoms with van der Waals surface area (Å²) in [6.07, 6.45) is 0. The van der Waals surface area contributed by atoms with Gasteiger partial charge in [0.2, 0.25) is 0 Å². The Labute approximate surface area is 175 Å². The second kappa shape index (κ2) is 10.2. The zero-order valence-electron chi connectivity index (χ0n) is 15.3. The zero-order chi connectivity index (χ0) is 17.7. The fourth-order valence-corrected chi connectivity index (χ4v) is 3.48. The molecule has 138 valence electrons. The zero-order valence-corrected chi connectivity index (χ0v) is 19.2. The van der Waals surface area contributed by atoms with E-state index in [1.165, 1.54) is 5.56 Å². The van der Waals surface area contributed by atoms with Crippen LogP contribution in [0.1, 0.15) is 48.4 Å². The minimum Gasteiger partial charge on any atom is -0.361 e. The molecule has 1 aromatic carbocycles. The van der Waals surface area contributed by atoms with Crippen molar-refractivity contribution in [3.8, 4) is 0 Å². The molecule has 0 aliphatic carbocycles. The molecule has 2 atom stereocenters. The predicted molar refractivity (Wildman–Crippen MR) is 117 cm³/mol. The lowest BCUT2D eigenvalue weighted by atomic mass is 10.00. The quantitative estimate of drug-likeness (QED) is 0.341. The van der Waals surface area contributed by atoms with Gasteiger partial charge in [-0.15, -0.1) is 24.0 Å². The number of aliphatic imine (C=N–C) groups is 1. The van der Waals surface area contributed by atoms with E-state index in [-0.39, 0.29) is 35.9 Å². The Morgan fingerprint density at radius 2 is 1.96 bits per heavy atom. The number of hydrogen-bond acceptors (Lipinski definition) is 3. The molecular weight excluding hydrogens is 495 g/mol. The molecule has 0 bridgehead atoms. The Hall–Kier alpha value is -1.09. The lowest BCUT2D eigenvalue weighted by Gasteiger charge is -2.21. The van der Waals surface area contributed by atoms with Gasteiger partial charge in [0.15, 0.2) is 5.96 Å². The third-order valence-corrected chi connectivity index (χ3v) is 4.83. The Morgan fingerprint density at radius 3 is 2.52 bits per heavy atom. The maximum Gasteiger partial charge on any atom is 0.191 e. The number of guanidine groups is 1. The van der Waals surface area contributed by atoms with Gasteiger partial charge in [0.1, 0.15) is 5.76 Å². The molecule has 25 heavy (non-hydrogen) atoms. The summed E-state index contributed by atoms with van der Waals surface area (Å²) in [6.45, 7) is 8.96. The van der Waals surface area contributed by atoms with Gasteiger partial charge in [-0.25, -0.2) is 0 Å². The fourth-order valence-electron chi connectivity index (χ4n) is 2.85. The van der Waals surface area contributed by atoms with Crippen molar-refractivity contribution in [2.75, 3.05) is 13.6 Å². The highest BCUT2D eigenvalue weighted by molar-refractivity contribution is 14.0. The van der Waals surface area contributed by atoms with Crippen LogP contribution >= 0.6 is 39.9 Å². The summed E-state index contributed by atoms with van der Waals surface area (Å²) in [4.78, 5) is 4.32. The molecule has 2 rings (SSSR count). The van der Waals surface area contributed by atoms with Crippen LogP contribution in [0.5, 0.6) is 0 Å². The first-order valence-corrected chi connectivity index (χ1v) is 8.87. The SMILES string of the molecule is CN=C(NCC(C)c1c(C)noc1C)NC(C)c1ccccc1Br.I. The summed E-state index contributed by atoms with van der Waals surface area (Å²) in [7, 11) is 1.78. The first kappa shape index (κ1) is 22.0. The lowest BCUT2D eigenvalue weighted by molar-refractivity contribution is 0.391. The summed E-state index contributed by atoms with van der Waals surface area (Å²) in [5.41, 5.74) is 3.31. The third-order valence-electron chi connectivity index (χ3n) is 4.11. The summed E-state index contributed by atoms with van der Waals surface area (Å²) in [6, 6.07) is 8.33. The molecular formula is C18H26BrIN4O. The van der Waals surface area contributed by atoms with Gasteiger partial charge >= 0.3 is 0 Å². The van der Waals surface area contributed by atoms with Gasteiger partial charge in [0, 0.05) is 29.5 Å². The standard InChI is InChI=1S/C18H25BrN4O.HI/c1-11(17-13(3)23-24-14(17)4)10-21-18(20-5)22-12(2)15-8-6-7-9-16(15)19;/h6-9,11-12H,10H2,1-5H3,(H2,20,21,22);1H. The van der Waals surface area contributed by atoms with Crippen LogP contribution in [0.4, 0.5) is 0 Å². The lowest BCUT2D eigenvalue weighted by Crippen LogP contribution is -2.40. The van der Waals surface area contributed by atoms with Crippen LogP contribution in [0, 0.1) is 13.8 Å². The summed E-state index contributed by atoms with van der Waals surface area (Å²) in [5, 5.41) is 10.8. The van der Waals surface area contributed by atoms with Crippen molar-refractivity contribution in [3.05, 3.63) is 51.3 Å². The molecule has 0 aliphatic heterocycles. The molecule has 5 nitrogen and oxygen atoms in total. The summed E-state index contributed by atoms with van der Waals surface area (Å²) >= 11 is 3.60. The van der Waals surface area contributed by atoms with E-state index in [1.807, 2.05) is 32.0 Å². The van der Waals surface area contributed by atoms with E-state index in [0.29, 0.717) is 0 Å². The van der Waals surface area contributed by atoms with E-state index < -0.39 is 0 Å². The molecule has 7 heteroatoms. The molecule has 1 heterocycles. The number of nitrogens with zero attached hydrogens (tertiary/aromatic N) is 2. The predicted octanol–water partition coefficient (Wildman–Crippen LogP) is 4.70. The minimum absolute atomic E-state index is 0. The molecule has 0 spiro atoms. The number of rotatable bonds is 5. The van der Waals surface area contributed by atoms with Gasteiger partial charge in [-0.3, -0.25) is 4.99 Å². The maximum atomic E-state index is 5.26. The number of nitrogens with one attached hydrogen (secondary N) is 2. The van der Waals surface area contributed by atoms with Crippen LogP contribution in [-0.2, 0) is 0 Å². The number of halogens is 2. The van der Waals surface area contributed by atoms with Gasteiger partial charge in [0.25, 0.3) is 0 Å². The molecule has 1 aromatic heterocycles. The van der Waals surface area contributed by atoms with Crippen LogP contribution in [0.2, 0.25) is 0 Å². The molecule has 2 aromatic rings. The van der Waals surface area contributed by atoms with Crippen molar-refractivity contribution in [2.45, 2.75) is 39.7 Å². The van der Waals surface area contributed by atoms with Gasteiger partial charge in [-0.1, -0.05) is 46.2 Å². The third kappa shape index (κ3) is 5.70. The normalized spacial score (nSPS) is 13.8. The van der Waals surface area contributed by atoms with Gasteiger partial charge in [0.05, 0.1) is 11.7 Å². The van der Waals surface area contributed by atoms with Crippen LogP contribution in [-0.4, -0.2) is 24.7 Å². The topological polar surface area (TPSA) is 62.5 Å². The van der Waals surface area contributed by atoms with Crippen molar-refractivity contribution in [1.82, 2.24) is 15.8 Å². The molecule has 0 saturated carbocycles. The highest BCUT2D eigenvalue weighted by Crippen LogP contribution is 2.23. The van der Waals surface area contributed by atoms with E-state index in [1.54, 1.807) is 7.05 Å². The monoisotopic (exact) mass is 520 g/mol. The number of benzene rings is 1. The molecule has 0 aliphatic rings. The Bertz CT molecular complexity index is 697. The first-order valence-electron chi connectivity index (χ1n) is 8.08.